The number of likely N-dealkylation sites (tertiary alicyclic amines) is 1. The van der Waals surface area contributed by atoms with E-state index in [-0.39, 0.29) is 11.8 Å². The maximum atomic E-state index is 12.6. The van der Waals surface area contributed by atoms with Crippen molar-refractivity contribution in [2.75, 3.05) is 58.9 Å². The molecule has 0 aromatic heterocycles. The van der Waals surface area contributed by atoms with E-state index in [1.54, 1.807) is 0 Å². The van der Waals surface area contributed by atoms with Crippen molar-refractivity contribution in [3.8, 4) is 0 Å². The number of carbonyl (C=O) groups excluding carboxylic acids is 2. The van der Waals surface area contributed by atoms with Crippen LogP contribution in [-0.4, -0.2) is 85.4 Å². The number of carbonyl (C=O) groups is 2. The highest BCUT2D eigenvalue weighted by Crippen LogP contribution is 2.19. The van der Waals surface area contributed by atoms with Crippen LogP contribution in [0.3, 0.4) is 0 Å². The van der Waals surface area contributed by atoms with Gasteiger partial charge in [0.15, 0.2) is 0 Å². The topological polar surface area (TPSA) is 55.9 Å². The lowest BCUT2D eigenvalue weighted by molar-refractivity contribution is -0.139. The minimum atomic E-state index is 0.122. The zero-order valence-corrected chi connectivity index (χ0v) is 15.0. The molecule has 0 bridgehead atoms. The summed E-state index contributed by atoms with van der Waals surface area (Å²) in [5.74, 6) is 1.18. The van der Waals surface area contributed by atoms with E-state index >= 15 is 0 Å². The zero-order chi connectivity index (χ0) is 16.9. The van der Waals surface area contributed by atoms with E-state index < -0.39 is 0 Å². The molecule has 24 heavy (non-hydrogen) atoms. The van der Waals surface area contributed by atoms with Crippen LogP contribution in [0.5, 0.6) is 0 Å². The molecule has 0 aliphatic carbocycles. The van der Waals surface area contributed by atoms with E-state index in [1.165, 1.54) is 12.8 Å². The SMILES string of the molecule is CC(C(=O)N1CCN(CC(=O)N2CCCCCC2)CC1)C1CNC1. The summed E-state index contributed by atoms with van der Waals surface area (Å²) in [6.07, 6.45) is 4.78. The predicted molar refractivity (Wildman–Crippen MR) is 93.6 cm³/mol. The van der Waals surface area contributed by atoms with Crippen LogP contribution in [0, 0.1) is 11.8 Å². The van der Waals surface area contributed by atoms with E-state index in [9.17, 15) is 9.59 Å². The quantitative estimate of drug-likeness (QED) is 0.807. The van der Waals surface area contributed by atoms with Crippen LogP contribution in [0.1, 0.15) is 32.6 Å². The Morgan fingerprint density at radius 1 is 0.917 bits per heavy atom. The second-order valence-corrected chi connectivity index (χ2v) is 7.60. The van der Waals surface area contributed by atoms with E-state index in [2.05, 4.69) is 17.1 Å². The van der Waals surface area contributed by atoms with Gasteiger partial charge in [-0.3, -0.25) is 14.5 Å². The standard InChI is InChI=1S/C18H32N4O2/c1-15(16-12-19-13-16)18(24)22-10-8-20(9-11-22)14-17(23)21-6-4-2-3-5-7-21/h15-16,19H,2-14H2,1H3. The Hall–Kier alpha value is -1.14. The fraction of sp³-hybridized carbons (Fsp3) is 0.889. The number of amides is 2. The van der Waals surface area contributed by atoms with E-state index in [0.717, 1.165) is 65.2 Å². The van der Waals surface area contributed by atoms with Gasteiger partial charge in [-0.2, -0.15) is 0 Å². The van der Waals surface area contributed by atoms with Gasteiger partial charge >= 0.3 is 0 Å². The molecule has 1 atom stereocenters. The van der Waals surface area contributed by atoms with Gasteiger partial charge in [0.05, 0.1) is 6.54 Å². The van der Waals surface area contributed by atoms with E-state index in [1.807, 2.05) is 9.80 Å². The maximum absolute atomic E-state index is 12.6. The van der Waals surface area contributed by atoms with Gasteiger partial charge in [0.2, 0.25) is 11.8 Å². The molecule has 3 heterocycles. The Kier molecular flexibility index (Phi) is 6.11. The lowest BCUT2D eigenvalue weighted by Crippen LogP contribution is -2.55. The molecule has 2 amide bonds. The first-order valence-corrected chi connectivity index (χ1v) is 9.65. The van der Waals surface area contributed by atoms with Gasteiger partial charge in [-0.05, 0) is 31.8 Å². The third kappa shape index (κ3) is 4.28. The summed E-state index contributed by atoms with van der Waals surface area (Å²) < 4.78 is 0. The molecular weight excluding hydrogens is 304 g/mol. The van der Waals surface area contributed by atoms with Crippen LogP contribution in [-0.2, 0) is 9.59 Å². The molecule has 1 N–H and O–H groups in total. The third-order valence-electron chi connectivity index (χ3n) is 5.91. The van der Waals surface area contributed by atoms with Gasteiger partial charge in [-0.1, -0.05) is 19.8 Å². The summed E-state index contributed by atoms with van der Waals surface area (Å²) in [6.45, 7) is 9.52. The first-order valence-electron chi connectivity index (χ1n) is 9.65. The fourth-order valence-electron chi connectivity index (χ4n) is 3.89. The number of hydrogen-bond donors (Lipinski definition) is 1. The van der Waals surface area contributed by atoms with Crippen molar-refractivity contribution in [3.63, 3.8) is 0 Å². The summed E-state index contributed by atoms with van der Waals surface area (Å²) >= 11 is 0. The predicted octanol–water partition coefficient (Wildman–Crippen LogP) is 0.389. The number of piperazine rings is 1. The molecule has 0 saturated carbocycles. The highest BCUT2D eigenvalue weighted by Gasteiger charge is 2.33. The van der Waals surface area contributed by atoms with Crippen molar-refractivity contribution in [2.45, 2.75) is 32.6 Å². The number of rotatable bonds is 4. The average molecular weight is 336 g/mol. The number of nitrogens with one attached hydrogen (secondary N) is 1. The summed E-state index contributed by atoms with van der Waals surface area (Å²) in [6, 6.07) is 0. The normalized spacial score (nSPS) is 25.0. The van der Waals surface area contributed by atoms with Crippen molar-refractivity contribution in [3.05, 3.63) is 0 Å². The van der Waals surface area contributed by atoms with Crippen molar-refractivity contribution in [1.82, 2.24) is 20.0 Å². The van der Waals surface area contributed by atoms with Crippen LogP contribution in [0.2, 0.25) is 0 Å². The second kappa shape index (κ2) is 8.30. The van der Waals surface area contributed by atoms with Crippen molar-refractivity contribution in [2.24, 2.45) is 11.8 Å². The van der Waals surface area contributed by atoms with Crippen LogP contribution in [0.15, 0.2) is 0 Å². The summed E-state index contributed by atoms with van der Waals surface area (Å²) in [5, 5.41) is 3.24. The molecule has 3 fully saturated rings. The molecule has 3 aliphatic heterocycles. The molecule has 6 heteroatoms. The Balaban J connectivity index is 1.41. The van der Waals surface area contributed by atoms with Crippen LogP contribution >= 0.6 is 0 Å². The summed E-state index contributed by atoms with van der Waals surface area (Å²) in [4.78, 5) is 31.3. The van der Waals surface area contributed by atoms with Crippen LogP contribution in [0.4, 0.5) is 0 Å². The molecule has 0 aromatic carbocycles. The molecule has 3 aliphatic rings. The van der Waals surface area contributed by atoms with Gasteiger partial charge in [0.25, 0.3) is 0 Å². The molecule has 3 rings (SSSR count). The lowest BCUT2D eigenvalue weighted by atomic mass is 9.88. The highest BCUT2D eigenvalue weighted by molar-refractivity contribution is 5.79. The van der Waals surface area contributed by atoms with Gasteiger partial charge < -0.3 is 15.1 Å². The minimum Gasteiger partial charge on any atom is -0.342 e. The molecule has 1 unspecified atom stereocenters. The number of hydrogen-bond acceptors (Lipinski definition) is 4. The molecule has 3 saturated heterocycles. The molecule has 6 nitrogen and oxygen atoms in total. The van der Waals surface area contributed by atoms with Crippen molar-refractivity contribution in [1.29, 1.82) is 0 Å². The number of nitrogens with zero attached hydrogens (tertiary/aromatic N) is 3. The minimum absolute atomic E-state index is 0.122. The Morgan fingerprint density at radius 3 is 2.08 bits per heavy atom. The van der Waals surface area contributed by atoms with Crippen LogP contribution in [0.25, 0.3) is 0 Å². The molecule has 0 aromatic rings. The smallest absolute Gasteiger partial charge is 0.236 e. The molecule has 0 spiro atoms. The largest absolute Gasteiger partial charge is 0.342 e. The van der Waals surface area contributed by atoms with Crippen LogP contribution < -0.4 is 5.32 Å². The third-order valence-corrected chi connectivity index (χ3v) is 5.91. The van der Waals surface area contributed by atoms with Crippen molar-refractivity contribution >= 4 is 11.8 Å². The summed E-state index contributed by atoms with van der Waals surface area (Å²) in [5.41, 5.74) is 0. The van der Waals surface area contributed by atoms with Gasteiger partial charge in [-0.15, -0.1) is 0 Å². The lowest BCUT2D eigenvalue weighted by Gasteiger charge is -2.39. The Morgan fingerprint density at radius 2 is 1.54 bits per heavy atom. The van der Waals surface area contributed by atoms with Gasteiger partial charge in [0.1, 0.15) is 0 Å². The van der Waals surface area contributed by atoms with Gasteiger partial charge in [0, 0.05) is 45.2 Å². The highest BCUT2D eigenvalue weighted by atomic mass is 16.2. The first-order chi connectivity index (χ1) is 11.6. The Bertz CT molecular complexity index is 436. The maximum Gasteiger partial charge on any atom is 0.236 e. The Labute approximate surface area is 145 Å². The molecular formula is C18H32N4O2. The summed E-state index contributed by atoms with van der Waals surface area (Å²) in [7, 11) is 0. The van der Waals surface area contributed by atoms with E-state index in [0.29, 0.717) is 18.4 Å². The van der Waals surface area contributed by atoms with E-state index in [4.69, 9.17) is 0 Å². The molecule has 0 radical (unpaired) electrons. The van der Waals surface area contributed by atoms with Crippen molar-refractivity contribution < 1.29 is 9.59 Å². The monoisotopic (exact) mass is 336 g/mol. The zero-order valence-electron chi connectivity index (χ0n) is 15.0. The van der Waals surface area contributed by atoms with Gasteiger partial charge in [-0.25, -0.2) is 0 Å². The second-order valence-electron chi connectivity index (χ2n) is 7.60. The average Bonchev–Trinajstić information content (AvgIpc) is 2.82. The fourth-order valence-corrected chi connectivity index (χ4v) is 3.89. The first kappa shape index (κ1) is 17.7. The molecule has 136 valence electrons.